The molecule has 144 valence electrons. The van der Waals surface area contributed by atoms with E-state index in [2.05, 4.69) is 11.4 Å². The van der Waals surface area contributed by atoms with E-state index in [1.807, 2.05) is 72.8 Å². The Labute approximate surface area is 165 Å². The number of benzene rings is 1. The number of carbonyl (C=O) groups is 1. The summed E-state index contributed by atoms with van der Waals surface area (Å²) in [6, 6.07) is 15.9. The van der Waals surface area contributed by atoms with Gasteiger partial charge in [-0.05, 0) is 44.2 Å². The van der Waals surface area contributed by atoms with Crippen LogP contribution in [0.1, 0.15) is 28.1 Å². The molecule has 1 N–H and O–H groups in total. The van der Waals surface area contributed by atoms with Gasteiger partial charge in [0.25, 0.3) is 0 Å². The summed E-state index contributed by atoms with van der Waals surface area (Å²) in [5.74, 6) is 1.12. The number of nitrogens with zero attached hydrogens (tertiary/aromatic N) is 3. The molecule has 0 aliphatic heterocycles. The first-order valence-corrected chi connectivity index (χ1v) is 9.14. The monoisotopic (exact) mass is 376 g/mol. The van der Waals surface area contributed by atoms with Gasteiger partial charge in [-0.3, -0.25) is 9.69 Å². The third kappa shape index (κ3) is 4.33. The van der Waals surface area contributed by atoms with Crippen LogP contribution in [0, 0.1) is 25.2 Å². The fraction of sp³-hybridized carbons (Fsp3) is 0.273. The topological polar surface area (TPSA) is 74.2 Å². The molecule has 0 atom stereocenters. The van der Waals surface area contributed by atoms with Crippen LogP contribution in [0.15, 0.2) is 53.1 Å². The van der Waals surface area contributed by atoms with E-state index < -0.39 is 0 Å². The van der Waals surface area contributed by atoms with Crippen molar-refractivity contribution in [2.24, 2.45) is 0 Å². The van der Waals surface area contributed by atoms with E-state index >= 15 is 0 Å². The lowest BCUT2D eigenvalue weighted by atomic mass is 10.2. The van der Waals surface area contributed by atoms with Crippen LogP contribution in [0.5, 0.6) is 0 Å². The van der Waals surface area contributed by atoms with Gasteiger partial charge in [0.2, 0.25) is 5.91 Å². The van der Waals surface area contributed by atoms with Gasteiger partial charge < -0.3 is 14.3 Å². The Morgan fingerprint density at radius 2 is 1.96 bits per heavy atom. The first-order valence-electron chi connectivity index (χ1n) is 9.14. The van der Waals surface area contributed by atoms with E-state index in [0.29, 0.717) is 24.5 Å². The molecule has 0 saturated heterocycles. The van der Waals surface area contributed by atoms with Gasteiger partial charge in [0.05, 0.1) is 24.9 Å². The highest BCUT2D eigenvalue weighted by atomic mass is 16.3. The number of hydrogen-bond acceptors (Lipinski definition) is 4. The molecule has 0 spiro atoms. The van der Waals surface area contributed by atoms with Crippen molar-refractivity contribution in [1.29, 1.82) is 5.26 Å². The summed E-state index contributed by atoms with van der Waals surface area (Å²) in [7, 11) is 1.90. The molecule has 0 aliphatic carbocycles. The van der Waals surface area contributed by atoms with E-state index in [1.54, 1.807) is 6.26 Å². The highest BCUT2D eigenvalue weighted by Gasteiger charge is 2.20. The molecular weight excluding hydrogens is 352 g/mol. The summed E-state index contributed by atoms with van der Waals surface area (Å²) >= 11 is 0. The Bertz CT molecular complexity index is 982. The number of rotatable bonds is 7. The summed E-state index contributed by atoms with van der Waals surface area (Å²) < 4.78 is 7.36. The van der Waals surface area contributed by atoms with Crippen LogP contribution < -0.4 is 5.32 Å². The second-order valence-corrected chi connectivity index (χ2v) is 6.92. The fourth-order valence-corrected chi connectivity index (χ4v) is 3.25. The average molecular weight is 376 g/mol. The molecule has 6 nitrogen and oxygen atoms in total. The SMILES string of the molecule is Cc1c(C#N)c(NC(=O)CN(C)Cc2ccccc2)n(Cc2ccco2)c1C. The quantitative estimate of drug-likeness (QED) is 0.682. The Hall–Kier alpha value is -3.30. The van der Waals surface area contributed by atoms with Crippen LogP contribution in [-0.2, 0) is 17.9 Å². The molecule has 3 rings (SSSR count). The van der Waals surface area contributed by atoms with Crippen LogP contribution in [0.3, 0.4) is 0 Å². The maximum absolute atomic E-state index is 12.7. The Morgan fingerprint density at radius 3 is 2.61 bits per heavy atom. The lowest BCUT2D eigenvalue weighted by Gasteiger charge is -2.17. The highest BCUT2D eigenvalue weighted by Crippen LogP contribution is 2.27. The van der Waals surface area contributed by atoms with E-state index in [9.17, 15) is 10.1 Å². The summed E-state index contributed by atoms with van der Waals surface area (Å²) in [6.07, 6.45) is 1.61. The molecule has 0 radical (unpaired) electrons. The Kier molecular flexibility index (Phi) is 5.97. The number of hydrogen-bond donors (Lipinski definition) is 1. The molecule has 0 fully saturated rings. The Balaban J connectivity index is 1.76. The lowest BCUT2D eigenvalue weighted by Crippen LogP contribution is -2.30. The summed E-state index contributed by atoms with van der Waals surface area (Å²) in [5, 5.41) is 12.5. The molecule has 0 saturated carbocycles. The fourth-order valence-electron chi connectivity index (χ4n) is 3.25. The molecule has 2 aromatic heterocycles. The van der Waals surface area contributed by atoms with Crippen molar-refractivity contribution in [2.45, 2.75) is 26.9 Å². The van der Waals surface area contributed by atoms with Crippen LogP contribution >= 0.6 is 0 Å². The minimum Gasteiger partial charge on any atom is -0.467 e. The zero-order valence-corrected chi connectivity index (χ0v) is 16.4. The molecular formula is C22H24N4O2. The van der Waals surface area contributed by atoms with Crippen molar-refractivity contribution >= 4 is 11.7 Å². The minimum atomic E-state index is -0.159. The van der Waals surface area contributed by atoms with Gasteiger partial charge in [-0.1, -0.05) is 30.3 Å². The van der Waals surface area contributed by atoms with Gasteiger partial charge in [-0.15, -0.1) is 0 Å². The molecule has 2 heterocycles. The molecule has 28 heavy (non-hydrogen) atoms. The summed E-state index contributed by atoms with van der Waals surface area (Å²) in [5.41, 5.74) is 3.43. The van der Waals surface area contributed by atoms with E-state index in [1.165, 1.54) is 0 Å². The van der Waals surface area contributed by atoms with E-state index in [4.69, 9.17) is 4.42 Å². The molecule has 0 aliphatic rings. The van der Waals surface area contributed by atoms with Gasteiger partial charge in [0, 0.05) is 12.2 Å². The maximum atomic E-state index is 12.7. The standard InChI is InChI=1S/C22H24N4O2/c1-16-17(2)26(14-19-10-7-11-28-19)22(20(16)12-23)24-21(27)15-25(3)13-18-8-5-4-6-9-18/h4-11H,13-15H2,1-3H3,(H,24,27). The number of nitrogens with one attached hydrogen (secondary N) is 1. The van der Waals surface area contributed by atoms with Crippen LogP contribution in [0.4, 0.5) is 5.82 Å². The number of likely N-dealkylation sites (N-methyl/N-ethyl adjacent to an activating group) is 1. The lowest BCUT2D eigenvalue weighted by molar-refractivity contribution is -0.117. The average Bonchev–Trinajstić information content (AvgIpc) is 3.25. The predicted octanol–water partition coefficient (Wildman–Crippen LogP) is 3.69. The second kappa shape index (κ2) is 8.59. The number of carbonyl (C=O) groups excluding carboxylic acids is 1. The maximum Gasteiger partial charge on any atom is 0.239 e. The van der Waals surface area contributed by atoms with Gasteiger partial charge in [-0.2, -0.15) is 5.26 Å². The summed E-state index contributed by atoms with van der Waals surface area (Å²) in [4.78, 5) is 14.6. The number of furan rings is 1. The molecule has 1 aromatic carbocycles. The minimum absolute atomic E-state index is 0.159. The normalized spacial score (nSPS) is 10.8. The number of anilines is 1. The number of nitriles is 1. The van der Waals surface area contributed by atoms with Crippen molar-refractivity contribution in [3.63, 3.8) is 0 Å². The van der Waals surface area contributed by atoms with Crippen molar-refractivity contribution in [1.82, 2.24) is 9.47 Å². The zero-order valence-electron chi connectivity index (χ0n) is 16.4. The molecule has 3 aromatic rings. The Morgan fingerprint density at radius 1 is 1.21 bits per heavy atom. The number of aromatic nitrogens is 1. The smallest absolute Gasteiger partial charge is 0.239 e. The zero-order chi connectivity index (χ0) is 20.1. The second-order valence-electron chi connectivity index (χ2n) is 6.92. The van der Waals surface area contributed by atoms with Crippen molar-refractivity contribution in [3.05, 3.63) is 76.9 Å². The first-order chi connectivity index (χ1) is 13.5. The third-order valence-corrected chi connectivity index (χ3v) is 4.80. The molecule has 6 heteroatoms. The molecule has 0 unspecified atom stereocenters. The first kappa shape index (κ1) is 19.5. The predicted molar refractivity (Wildman–Crippen MR) is 108 cm³/mol. The van der Waals surface area contributed by atoms with E-state index in [-0.39, 0.29) is 12.5 Å². The van der Waals surface area contributed by atoms with Gasteiger partial charge in [0.1, 0.15) is 17.6 Å². The third-order valence-electron chi connectivity index (χ3n) is 4.80. The molecule has 0 bridgehead atoms. The van der Waals surface area contributed by atoms with Crippen LogP contribution in [0.25, 0.3) is 0 Å². The summed E-state index contributed by atoms with van der Waals surface area (Å²) in [6.45, 7) is 5.19. The largest absolute Gasteiger partial charge is 0.467 e. The van der Waals surface area contributed by atoms with Crippen molar-refractivity contribution < 1.29 is 9.21 Å². The van der Waals surface area contributed by atoms with Crippen molar-refractivity contribution in [2.75, 3.05) is 18.9 Å². The highest BCUT2D eigenvalue weighted by molar-refractivity contribution is 5.93. The van der Waals surface area contributed by atoms with Crippen LogP contribution in [-0.4, -0.2) is 29.0 Å². The van der Waals surface area contributed by atoms with Crippen LogP contribution in [0.2, 0.25) is 0 Å². The van der Waals surface area contributed by atoms with Crippen molar-refractivity contribution in [3.8, 4) is 6.07 Å². The van der Waals surface area contributed by atoms with Gasteiger partial charge in [0.15, 0.2) is 0 Å². The molecule has 1 amide bonds. The number of amides is 1. The van der Waals surface area contributed by atoms with Gasteiger partial charge in [-0.25, -0.2) is 0 Å². The van der Waals surface area contributed by atoms with E-state index in [0.717, 1.165) is 22.6 Å². The van der Waals surface area contributed by atoms with Gasteiger partial charge >= 0.3 is 0 Å².